The van der Waals surface area contributed by atoms with Crippen molar-refractivity contribution in [2.75, 3.05) is 6.61 Å². The van der Waals surface area contributed by atoms with Gasteiger partial charge in [-0.25, -0.2) is 4.79 Å². The molecule has 1 saturated heterocycles. The summed E-state index contributed by atoms with van der Waals surface area (Å²) in [5.74, 6) is 0. The maximum Gasteiger partial charge on any atom is 0.330 e. The van der Waals surface area contributed by atoms with Crippen LogP contribution in [0.3, 0.4) is 0 Å². The van der Waals surface area contributed by atoms with Crippen molar-refractivity contribution in [2.45, 2.75) is 30.4 Å². The Hall–Kier alpha value is -4.43. The second-order valence-electron chi connectivity index (χ2n) is 8.74. The maximum atomic E-state index is 12.4. The maximum absolute atomic E-state index is 12.4. The van der Waals surface area contributed by atoms with Crippen LogP contribution in [0.25, 0.3) is 10.4 Å². The Morgan fingerprint density at radius 1 is 0.919 bits per heavy atom. The van der Waals surface area contributed by atoms with Crippen molar-refractivity contribution in [3.63, 3.8) is 0 Å². The van der Waals surface area contributed by atoms with Crippen molar-refractivity contribution in [2.24, 2.45) is 5.11 Å². The van der Waals surface area contributed by atoms with Gasteiger partial charge in [-0.05, 0) is 22.2 Å². The lowest BCUT2D eigenvalue weighted by molar-refractivity contribution is -0.0796. The van der Waals surface area contributed by atoms with Crippen LogP contribution in [-0.2, 0) is 15.1 Å². The average Bonchev–Trinajstić information content (AvgIpc) is 3.33. The molecule has 3 aromatic carbocycles. The highest BCUT2D eigenvalue weighted by atomic mass is 16.6. The Morgan fingerprint density at radius 2 is 1.46 bits per heavy atom. The van der Waals surface area contributed by atoms with Crippen molar-refractivity contribution in [3.05, 3.63) is 151 Å². The van der Waals surface area contributed by atoms with E-state index < -0.39 is 35.2 Å². The molecule has 0 radical (unpaired) electrons. The highest BCUT2D eigenvalue weighted by molar-refractivity contribution is 5.47. The van der Waals surface area contributed by atoms with E-state index in [1.165, 1.54) is 16.8 Å². The van der Waals surface area contributed by atoms with Gasteiger partial charge in [0.15, 0.2) is 0 Å². The fourth-order valence-corrected chi connectivity index (χ4v) is 4.85. The average molecular weight is 496 g/mol. The van der Waals surface area contributed by atoms with Gasteiger partial charge in [0.25, 0.3) is 5.56 Å². The predicted octanol–water partition coefficient (Wildman–Crippen LogP) is 4.51. The van der Waals surface area contributed by atoms with Gasteiger partial charge in [-0.3, -0.25) is 14.3 Å². The van der Waals surface area contributed by atoms with Gasteiger partial charge in [0.2, 0.25) is 0 Å². The zero-order valence-corrected chi connectivity index (χ0v) is 19.9. The number of ether oxygens (including phenoxy) is 2. The lowest BCUT2D eigenvalue weighted by atomic mass is 9.80. The second-order valence-corrected chi connectivity index (χ2v) is 8.74. The number of hydrogen-bond acceptors (Lipinski definition) is 5. The number of benzene rings is 3. The summed E-state index contributed by atoms with van der Waals surface area (Å²) in [7, 11) is 0. The standard InChI is InChI=1S/C28H25N5O4/c29-32-31-23-18-26(33-17-16-25(34)30-27(33)35)37-24(23)19-36-28(20-10-4-1-5-11-20,21-12-6-2-7-13-21)22-14-8-3-9-15-22/h1-17,23-24,26H,18-19H2,(H,30,34,35)/t23-,24-,26+/m0/s1. The number of nitrogens with one attached hydrogen (secondary N) is 1. The number of aromatic nitrogens is 2. The van der Waals surface area contributed by atoms with E-state index in [0.29, 0.717) is 0 Å². The number of azide groups is 1. The Labute approximate surface area is 212 Å². The van der Waals surface area contributed by atoms with Crippen molar-refractivity contribution >= 4 is 0 Å². The summed E-state index contributed by atoms with van der Waals surface area (Å²) < 4.78 is 14.3. The second kappa shape index (κ2) is 10.7. The van der Waals surface area contributed by atoms with Crippen LogP contribution < -0.4 is 11.2 Å². The minimum Gasteiger partial charge on any atom is -0.358 e. The van der Waals surface area contributed by atoms with E-state index in [9.17, 15) is 15.1 Å². The summed E-state index contributed by atoms with van der Waals surface area (Å²) in [5.41, 5.74) is 9.93. The van der Waals surface area contributed by atoms with E-state index in [2.05, 4.69) is 15.0 Å². The topological polar surface area (TPSA) is 122 Å². The van der Waals surface area contributed by atoms with Crippen LogP contribution >= 0.6 is 0 Å². The van der Waals surface area contributed by atoms with Crippen molar-refractivity contribution in [1.82, 2.24) is 9.55 Å². The molecule has 3 atom stereocenters. The third-order valence-corrected chi connectivity index (χ3v) is 6.57. The van der Waals surface area contributed by atoms with Crippen LogP contribution in [0.5, 0.6) is 0 Å². The summed E-state index contributed by atoms with van der Waals surface area (Å²) in [6, 6.07) is 30.4. The van der Waals surface area contributed by atoms with E-state index in [4.69, 9.17) is 9.47 Å². The van der Waals surface area contributed by atoms with Gasteiger partial charge in [0, 0.05) is 23.6 Å². The molecule has 186 valence electrons. The van der Waals surface area contributed by atoms with E-state index in [-0.39, 0.29) is 13.0 Å². The van der Waals surface area contributed by atoms with Gasteiger partial charge in [0.05, 0.1) is 18.8 Å². The fourth-order valence-electron chi connectivity index (χ4n) is 4.85. The zero-order valence-electron chi connectivity index (χ0n) is 19.9. The van der Waals surface area contributed by atoms with Crippen LogP contribution in [0.1, 0.15) is 29.3 Å². The molecule has 5 rings (SSSR count). The lowest BCUT2D eigenvalue weighted by Crippen LogP contribution is -2.37. The van der Waals surface area contributed by atoms with Crippen LogP contribution in [0.4, 0.5) is 0 Å². The van der Waals surface area contributed by atoms with Crippen molar-refractivity contribution in [1.29, 1.82) is 0 Å². The van der Waals surface area contributed by atoms with Gasteiger partial charge in [-0.1, -0.05) is 96.1 Å². The monoisotopic (exact) mass is 495 g/mol. The number of rotatable bonds is 8. The molecule has 0 unspecified atom stereocenters. The molecule has 9 heteroatoms. The first-order valence-corrected chi connectivity index (χ1v) is 11.9. The Morgan fingerprint density at radius 3 is 1.95 bits per heavy atom. The molecule has 9 nitrogen and oxygen atoms in total. The van der Waals surface area contributed by atoms with Crippen LogP contribution in [0, 0.1) is 0 Å². The summed E-state index contributed by atoms with van der Waals surface area (Å²) in [4.78, 5) is 29.1. The first-order valence-electron chi connectivity index (χ1n) is 11.9. The normalized spacial score (nSPS) is 19.3. The van der Waals surface area contributed by atoms with Gasteiger partial charge in [-0.15, -0.1) is 0 Å². The molecule has 1 N–H and O–H groups in total. The van der Waals surface area contributed by atoms with Crippen LogP contribution in [-0.4, -0.2) is 28.3 Å². The molecule has 4 aromatic rings. The summed E-state index contributed by atoms with van der Waals surface area (Å²) in [6.45, 7) is 0.0803. The molecule has 1 aliphatic rings. The SMILES string of the molecule is [N-]=[N+]=N[C@H]1C[C@H](n2ccc(=O)[nH]c2=O)O[C@H]1COC(c1ccccc1)(c1ccccc1)c1ccccc1. The molecule has 2 heterocycles. The van der Waals surface area contributed by atoms with Gasteiger partial charge in [0.1, 0.15) is 11.8 Å². The molecule has 1 aliphatic heterocycles. The van der Waals surface area contributed by atoms with Crippen LogP contribution in [0.2, 0.25) is 0 Å². The van der Waals surface area contributed by atoms with Crippen molar-refractivity contribution in [3.8, 4) is 0 Å². The molecular formula is C28H25N5O4. The Balaban J connectivity index is 1.54. The highest BCUT2D eigenvalue weighted by Gasteiger charge is 2.42. The summed E-state index contributed by atoms with van der Waals surface area (Å²) in [6.07, 6.45) is 0.298. The van der Waals surface area contributed by atoms with E-state index in [0.717, 1.165) is 16.7 Å². The largest absolute Gasteiger partial charge is 0.358 e. The van der Waals surface area contributed by atoms with Crippen molar-refractivity contribution < 1.29 is 9.47 Å². The first kappa shape index (κ1) is 24.3. The minimum atomic E-state index is -0.971. The highest BCUT2D eigenvalue weighted by Crippen LogP contribution is 2.41. The third-order valence-electron chi connectivity index (χ3n) is 6.57. The fraction of sp³-hybridized carbons (Fsp3) is 0.214. The number of hydrogen-bond donors (Lipinski definition) is 1. The Bertz CT molecular complexity index is 1400. The predicted molar refractivity (Wildman–Crippen MR) is 138 cm³/mol. The molecule has 37 heavy (non-hydrogen) atoms. The molecule has 0 amide bonds. The van der Waals surface area contributed by atoms with Gasteiger partial charge >= 0.3 is 5.69 Å². The molecule has 1 aromatic heterocycles. The lowest BCUT2D eigenvalue weighted by Gasteiger charge is -2.37. The summed E-state index contributed by atoms with van der Waals surface area (Å²) >= 11 is 0. The zero-order chi connectivity index (χ0) is 25.7. The van der Waals surface area contributed by atoms with Crippen LogP contribution in [0.15, 0.2) is 118 Å². The third kappa shape index (κ3) is 4.83. The van der Waals surface area contributed by atoms with E-state index >= 15 is 0 Å². The molecule has 0 bridgehead atoms. The number of H-pyrrole nitrogens is 1. The quantitative estimate of drug-likeness (QED) is 0.167. The first-order chi connectivity index (χ1) is 18.1. The molecular weight excluding hydrogens is 470 g/mol. The number of aromatic amines is 1. The molecule has 0 saturated carbocycles. The minimum absolute atomic E-state index is 0.0803. The molecule has 0 spiro atoms. The smallest absolute Gasteiger partial charge is 0.330 e. The van der Waals surface area contributed by atoms with Gasteiger partial charge < -0.3 is 9.47 Å². The Kier molecular flexibility index (Phi) is 7.00. The summed E-state index contributed by atoms with van der Waals surface area (Å²) in [5, 5.41) is 3.94. The van der Waals surface area contributed by atoms with E-state index in [1.807, 2.05) is 91.0 Å². The van der Waals surface area contributed by atoms with E-state index in [1.54, 1.807) is 0 Å². The molecule has 1 fully saturated rings. The number of nitrogens with zero attached hydrogens (tertiary/aromatic N) is 4. The molecule has 0 aliphatic carbocycles. The van der Waals surface area contributed by atoms with Gasteiger partial charge in [-0.2, -0.15) is 0 Å².